The van der Waals surface area contributed by atoms with Gasteiger partial charge in [0.2, 0.25) is 0 Å². The molecule has 110 valence electrons. The van der Waals surface area contributed by atoms with E-state index < -0.39 is 0 Å². The van der Waals surface area contributed by atoms with Gasteiger partial charge in [0.25, 0.3) is 0 Å². The van der Waals surface area contributed by atoms with Crippen LogP contribution in [-0.4, -0.2) is 6.04 Å². The van der Waals surface area contributed by atoms with E-state index in [2.05, 4.69) is 43.2 Å². The van der Waals surface area contributed by atoms with Crippen LogP contribution in [0.4, 0.5) is 0 Å². The molecule has 1 fully saturated rings. The van der Waals surface area contributed by atoms with Gasteiger partial charge in [-0.05, 0) is 48.7 Å². The second-order valence-electron chi connectivity index (χ2n) is 5.09. The first kappa shape index (κ1) is 15.3. The monoisotopic (exact) mass is 429 g/mol. The van der Waals surface area contributed by atoms with Gasteiger partial charge in [-0.25, -0.2) is 0 Å². The van der Waals surface area contributed by atoms with Crippen molar-refractivity contribution in [2.75, 3.05) is 0 Å². The van der Waals surface area contributed by atoms with E-state index >= 15 is 0 Å². The zero-order chi connectivity index (χ0) is 14.8. The van der Waals surface area contributed by atoms with Crippen LogP contribution in [0, 0.1) is 0 Å². The molecule has 0 saturated heterocycles. The molecule has 0 radical (unpaired) electrons. The van der Waals surface area contributed by atoms with E-state index in [0.717, 1.165) is 21.2 Å². The SMILES string of the molecule is Clc1ccc(Br)cc1Oc1ccc(CNC2CC2)c(Br)c1. The summed E-state index contributed by atoms with van der Waals surface area (Å²) in [5, 5.41) is 4.09. The molecule has 0 bridgehead atoms. The van der Waals surface area contributed by atoms with Gasteiger partial charge in [-0.3, -0.25) is 0 Å². The zero-order valence-corrected chi connectivity index (χ0v) is 15.1. The summed E-state index contributed by atoms with van der Waals surface area (Å²) in [6, 6.07) is 12.3. The quantitative estimate of drug-likeness (QED) is 0.636. The number of rotatable bonds is 5. The van der Waals surface area contributed by atoms with Crippen molar-refractivity contribution in [1.82, 2.24) is 5.32 Å². The Balaban J connectivity index is 1.73. The third kappa shape index (κ3) is 4.22. The van der Waals surface area contributed by atoms with Gasteiger partial charge in [-0.1, -0.05) is 49.5 Å². The van der Waals surface area contributed by atoms with Crippen molar-refractivity contribution >= 4 is 43.5 Å². The lowest BCUT2D eigenvalue weighted by molar-refractivity contribution is 0.482. The van der Waals surface area contributed by atoms with Crippen molar-refractivity contribution in [3.8, 4) is 11.5 Å². The third-order valence-corrected chi connectivity index (χ3v) is 4.85. The van der Waals surface area contributed by atoms with Crippen LogP contribution in [0.15, 0.2) is 45.3 Å². The van der Waals surface area contributed by atoms with Crippen LogP contribution in [0.2, 0.25) is 5.02 Å². The summed E-state index contributed by atoms with van der Waals surface area (Å²) in [6.45, 7) is 0.878. The van der Waals surface area contributed by atoms with Gasteiger partial charge < -0.3 is 10.1 Å². The van der Waals surface area contributed by atoms with E-state index in [9.17, 15) is 0 Å². The molecule has 0 aliphatic heterocycles. The molecule has 21 heavy (non-hydrogen) atoms. The van der Waals surface area contributed by atoms with Crippen molar-refractivity contribution in [3.63, 3.8) is 0 Å². The summed E-state index contributed by atoms with van der Waals surface area (Å²) in [4.78, 5) is 0. The molecule has 1 N–H and O–H groups in total. The van der Waals surface area contributed by atoms with Gasteiger partial charge in [0.15, 0.2) is 0 Å². The summed E-state index contributed by atoms with van der Waals surface area (Å²) in [5.41, 5.74) is 1.23. The van der Waals surface area contributed by atoms with Crippen LogP contribution >= 0.6 is 43.5 Å². The maximum atomic E-state index is 6.14. The summed E-state index contributed by atoms with van der Waals surface area (Å²) in [5.74, 6) is 1.40. The fourth-order valence-corrected chi connectivity index (χ4v) is 2.95. The molecule has 1 saturated carbocycles. The Morgan fingerprint density at radius 1 is 1.14 bits per heavy atom. The summed E-state index contributed by atoms with van der Waals surface area (Å²) < 4.78 is 7.83. The summed E-state index contributed by atoms with van der Waals surface area (Å²) in [7, 11) is 0. The molecule has 2 aromatic rings. The van der Waals surface area contributed by atoms with E-state index in [0.29, 0.717) is 16.8 Å². The van der Waals surface area contributed by atoms with Gasteiger partial charge in [0.1, 0.15) is 11.5 Å². The van der Waals surface area contributed by atoms with Crippen molar-refractivity contribution in [1.29, 1.82) is 0 Å². The average Bonchev–Trinajstić information content (AvgIpc) is 3.26. The molecule has 0 atom stereocenters. The Morgan fingerprint density at radius 3 is 2.67 bits per heavy atom. The van der Waals surface area contributed by atoms with Gasteiger partial charge in [-0.15, -0.1) is 0 Å². The molecule has 0 spiro atoms. The smallest absolute Gasteiger partial charge is 0.147 e. The van der Waals surface area contributed by atoms with E-state index in [1.54, 1.807) is 0 Å². The lowest BCUT2D eigenvalue weighted by Gasteiger charge is -2.11. The number of benzene rings is 2. The van der Waals surface area contributed by atoms with E-state index in [-0.39, 0.29) is 0 Å². The van der Waals surface area contributed by atoms with Crippen LogP contribution in [0.25, 0.3) is 0 Å². The molecular formula is C16H14Br2ClNO. The second kappa shape index (κ2) is 6.69. The molecule has 2 aromatic carbocycles. The zero-order valence-electron chi connectivity index (χ0n) is 11.2. The maximum Gasteiger partial charge on any atom is 0.147 e. The summed E-state index contributed by atoms with van der Waals surface area (Å²) >= 11 is 13.2. The highest BCUT2D eigenvalue weighted by atomic mass is 79.9. The normalized spacial score (nSPS) is 14.2. The Morgan fingerprint density at radius 2 is 1.95 bits per heavy atom. The van der Waals surface area contributed by atoms with E-state index in [1.165, 1.54) is 18.4 Å². The lowest BCUT2D eigenvalue weighted by atomic mass is 10.2. The Labute approximate surface area is 146 Å². The number of halogens is 3. The minimum absolute atomic E-state index is 0.591. The largest absolute Gasteiger partial charge is 0.456 e. The molecule has 2 nitrogen and oxygen atoms in total. The minimum atomic E-state index is 0.591. The molecule has 0 aromatic heterocycles. The van der Waals surface area contributed by atoms with Crippen molar-refractivity contribution < 1.29 is 4.74 Å². The van der Waals surface area contributed by atoms with E-state index in [1.807, 2.05) is 30.3 Å². The van der Waals surface area contributed by atoms with Crippen molar-refractivity contribution in [3.05, 3.63) is 55.9 Å². The number of hydrogen-bond acceptors (Lipinski definition) is 2. The number of hydrogen-bond donors (Lipinski definition) is 1. The highest BCUT2D eigenvalue weighted by Crippen LogP contribution is 2.33. The third-order valence-electron chi connectivity index (χ3n) is 3.30. The number of nitrogens with one attached hydrogen (secondary N) is 1. The van der Waals surface area contributed by atoms with Gasteiger partial charge in [0.05, 0.1) is 5.02 Å². The van der Waals surface area contributed by atoms with Gasteiger partial charge in [0, 0.05) is 21.5 Å². The van der Waals surface area contributed by atoms with Crippen LogP contribution in [-0.2, 0) is 6.54 Å². The molecule has 1 aliphatic rings. The highest BCUT2D eigenvalue weighted by molar-refractivity contribution is 9.10. The Hall–Kier alpha value is -0.550. The first-order chi connectivity index (χ1) is 10.1. The van der Waals surface area contributed by atoms with Gasteiger partial charge >= 0.3 is 0 Å². The summed E-state index contributed by atoms with van der Waals surface area (Å²) in [6.07, 6.45) is 2.58. The molecule has 0 heterocycles. The van der Waals surface area contributed by atoms with Crippen LogP contribution < -0.4 is 10.1 Å². The predicted molar refractivity (Wildman–Crippen MR) is 93.2 cm³/mol. The van der Waals surface area contributed by atoms with Crippen LogP contribution in [0.3, 0.4) is 0 Å². The molecule has 1 aliphatic carbocycles. The number of ether oxygens (including phenoxy) is 1. The Kier molecular flexibility index (Phi) is 4.89. The molecule has 5 heteroatoms. The van der Waals surface area contributed by atoms with E-state index in [4.69, 9.17) is 16.3 Å². The molecule has 3 rings (SSSR count). The fourth-order valence-electron chi connectivity index (χ4n) is 1.96. The van der Waals surface area contributed by atoms with Crippen LogP contribution in [0.1, 0.15) is 18.4 Å². The minimum Gasteiger partial charge on any atom is -0.456 e. The van der Waals surface area contributed by atoms with Crippen molar-refractivity contribution in [2.45, 2.75) is 25.4 Å². The first-order valence-electron chi connectivity index (χ1n) is 6.76. The average molecular weight is 432 g/mol. The van der Waals surface area contributed by atoms with Crippen LogP contribution in [0.5, 0.6) is 11.5 Å². The standard InChI is InChI=1S/C16H14Br2ClNO/c17-11-2-6-15(19)16(7-11)21-13-5-1-10(14(18)8-13)9-20-12-3-4-12/h1-2,5-8,12,20H,3-4,9H2. The first-order valence-corrected chi connectivity index (χ1v) is 8.73. The molecule has 0 unspecified atom stereocenters. The predicted octanol–water partition coefficient (Wildman–Crippen LogP) is 5.91. The second-order valence-corrected chi connectivity index (χ2v) is 7.26. The maximum absolute atomic E-state index is 6.14. The topological polar surface area (TPSA) is 21.3 Å². The molecular weight excluding hydrogens is 417 g/mol. The van der Waals surface area contributed by atoms with Crippen molar-refractivity contribution in [2.24, 2.45) is 0 Å². The van der Waals surface area contributed by atoms with Gasteiger partial charge in [-0.2, -0.15) is 0 Å². The fraction of sp³-hybridized carbons (Fsp3) is 0.250. The Bertz CT molecular complexity index is 659. The highest BCUT2D eigenvalue weighted by Gasteiger charge is 2.20. The lowest BCUT2D eigenvalue weighted by Crippen LogP contribution is -2.15. The molecule has 0 amide bonds.